The minimum atomic E-state index is -4.44. The maximum atomic E-state index is 14.5. The number of rotatable bonds is 4. The van der Waals surface area contributed by atoms with Crippen molar-refractivity contribution >= 4 is 11.6 Å². The van der Waals surface area contributed by atoms with Gasteiger partial charge in [-0.2, -0.15) is 18.3 Å². The van der Waals surface area contributed by atoms with E-state index in [1.165, 1.54) is 47.1 Å². The van der Waals surface area contributed by atoms with E-state index in [-0.39, 0.29) is 35.9 Å². The minimum Gasteiger partial charge on any atom is -0.368 e. The van der Waals surface area contributed by atoms with E-state index in [4.69, 9.17) is 0 Å². The number of nitrogens with zero attached hydrogens (tertiary/aromatic N) is 4. The number of halogens is 5. The lowest BCUT2D eigenvalue weighted by atomic mass is 10.1. The highest BCUT2D eigenvalue weighted by molar-refractivity contribution is 5.94. The SMILES string of the molecule is O=C(c1cc(-c2ccccc2F)nn1-c1ccc(F)cc1)N1CCN(c2cccc(C(F)(F)F)c2)CC1. The molecular formula is C27H21F5N4O. The van der Waals surface area contributed by atoms with E-state index in [1.54, 1.807) is 34.1 Å². The summed E-state index contributed by atoms with van der Waals surface area (Å²) >= 11 is 0. The van der Waals surface area contributed by atoms with E-state index >= 15 is 0 Å². The number of alkyl halides is 3. The first kappa shape index (κ1) is 24.5. The fourth-order valence-electron chi connectivity index (χ4n) is 4.32. The Morgan fingerprint density at radius 2 is 1.49 bits per heavy atom. The number of benzene rings is 3. The largest absolute Gasteiger partial charge is 0.416 e. The molecule has 0 aliphatic carbocycles. The standard InChI is InChI=1S/C27H21F5N4O/c28-19-8-10-20(11-9-19)36-25(17-24(33-36)22-6-1-2-7-23(22)29)26(37)35-14-12-34(13-15-35)21-5-3-4-18(16-21)27(30,31)32/h1-11,16-17H,12-15H2. The zero-order valence-electron chi connectivity index (χ0n) is 19.4. The fourth-order valence-corrected chi connectivity index (χ4v) is 4.32. The van der Waals surface area contributed by atoms with Gasteiger partial charge in [0.1, 0.15) is 17.3 Å². The van der Waals surface area contributed by atoms with Crippen molar-refractivity contribution in [1.29, 1.82) is 0 Å². The summed E-state index contributed by atoms with van der Waals surface area (Å²) < 4.78 is 68.7. The monoisotopic (exact) mass is 512 g/mol. The van der Waals surface area contributed by atoms with Gasteiger partial charge in [0.15, 0.2) is 0 Å². The Kier molecular flexibility index (Phi) is 6.41. The Bertz CT molecular complexity index is 1420. The summed E-state index contributed by atoms with van der Waals surface area (Å²) in [6.07, 6.45) is -4.44. The lowest BCUT2D eigenvalue weighted by Gasteiger charge is -2.36. The van der Waals surface area contributed by atoms with Crippen molar-refractivity contribution in [3.63, 3.8) is 0 Å². The minimum absolute atomic E-state index is 0.164. The summed E-state index contributed by atoms with van der Waals surface area (Å²) in [5.74, 6) is -1.33. The molecule has 5 rings (SSSR count). The van der Waals surface area contributed by atoms with E-state index in [2.05, 4.69) is 5.10 Å². The van der Waals surface area contributed by atoms with Gasteiger partial charge in [0.05, 0.1) is 16.9 Å². The Morgan fingerprint density at radius 1 is 0.784 bits per heavy atom. The average Bonchev–Trinajstić information content (AvgIpc) is 3.34. The third-order valence-corrected chi connectivity index (χ3v) is 6.25. The quantitative estimate of drug-likeness (QED) is 0.325. The van der Waals surface area contributed by atoms with Crippen molar-refractivity contribution in [3.05, 3.63) is 102 Å². The van der Waals surface area contributed by atoms with Crippen molar-refractivity contribution < 1.29 is 26.7 Å². The molecule has 0 atom stereocenters. The van der Waals surface area contributed by atoms with Gasteiger partial charge in [-0.3, -0.25) is 4.79 Å². The molecule has 37 heavy (non-hydrogen) atoms. The van der Waals surface area contributed by atoms with Crippen LogP contribution in [-0.4, -0.2) is 46.8 Å². The van der Waals surface area contributed by atoms with E-state index in [1.807, 2.05) is 0 Å². The predicted molar refractivity (Wildman–Crippen MR) is 128 cm³/mol. The third kappa shape index (κ3) is 5.04. The summed E-state index contributed by atoms with van der Waals surface area (Å²) in [7, 11) is 0. The van der Waals surface area contributed by atoms with E-state index < -0.39 is 23.4 Å². The van der Waals surface area contributed by atoms with Gasteiger partial charge in [-0.15, -0.1) is 0 Å². The van der Waals surface area contributed by atoms with Crippen molar-refractivity contribution in [2.75, 3.05) is 31.1 Å². The second-order valence-corrected chi connectivity index (χ2v) is 8.61. The first-order valence-corrected chi connectivity index (χ1v) is 11.5. The van der Waals surface area contributed by atoms with Crippen LogP contribution in [0.25, 0.3) is 16.9 Å². The van der Waals surface area contributed by atoms with Crippen LogP contribution in [0.2, 0.25) is 0 Å². The van der Waals surface area contributed by atoms with E-state index in [0.29, 0.717) is 24.5 Å². The van der Waals surface area contributed by atoms with Gasteiger partial charge < -0.3 is 9.80 Å². The lowest BCUT2D eigenvalue weighted by molar-refractivity contribution is -0.137. The number of carbonyl (C=O) groups excluding carboxylic acids is 1. The molecule has 1 aromatic heterocycles. The van der Waals surface area contributed by atoms with Crippen LogP contribution >= 0.6 is 0 Å². The Morgan fingerprint density at radius 3 is 2.16 bits per heavy atom. The Balaban J connectivity index is 1.41. The van der Waals surface area contributed by atoms with E-state index in [0.717, 1.165) is 12.1 Å². The van der Waals surface area contributed by atoms with Gasteiger partial charge in [-0.1, -0.05) is 18.2 Å². The molecule has 1 aliphatic rings. The molecule has 0 unspecified atom stereocenters. The molecule has 0 radical (unpaired) electrons. The van der Waals surface area contributed by atoms with Crippen LogP contribution in [0, 0.1) is 11.6 Å². The molecule has 1 aliphatic heterocycles. The molecule has 0 bridgehead atoms. The van der Waals surface area contributed by atoms with Gasteiger partial charge >= 0.3 is 6.18 Å². The maximum absolute atomic E-state index is 14.5. The van der Waals surface area contributed by atoms with Crippen molar-refractivity contribution in [1.82, 2.24) is 14.7 Å². The molecule has 1 fully saturated rings. The Hall–Kier alpha value is -4.21. The molecule has 1 saturated heterocycles. The Labute approximate surface area is 209 Å². The van der Waals surface area contributed by atoms with Crippen LogP contribution in [0.4, 0.5) is 27.6 Å². The van der Waals surface area contributed by atoms with E-state index in [9.17, 15) is 26.7 Å². The molecule has 4 aromatic rings. The van der Waals surface area contributed by atoms with Crippen LogP contribution in [0.3, 0.4) is 0 Å². The summed E-state index contributed by atoms with van der Waals surface area (Å²) in [5, 5.41) is 4.44. The molecule has 5 nitrogen and oxygen atoms in total. The van der Waals surface area contributed by atoms with Crippen LogP contribution < -0.4 is 4.90 Å². The van der Waals surface area contributed by atoms with Crippen molar-refractivity contribution in [2.24, 2.45) is 0 Å². The molecule has 3 aromatic carbocycles. The van der Waals surface area contributed by atoms with Crippen LogP contribution in [0.1, 0.15) is 16.1 Å². The number of hydrogen-bond donors (Lipinski definition) is 0. The highest BCUT2D eigenvalue weighted by Gasteiger charge is 2.32. The first-order chi connectivity index (χ1) is 17.7. The summed E-state index contributed by atoms with van der Waals surface area (Å²) in [6.45, 7) is 1.19. The van der Waals surface area contributed by atoms with Crippen molar-refractivity contribution in [3.8, 4) is 16.9 Å². The number of anilines is 1. The molecule has 10 heteroatoms. The fraction of sp³-hybridized carbons (Fsp3) is 0.185. The highest BCUT2D eigenvalue weighted by Crippen LogP contribution is 2.32. The summed E-state index contributed by atoms with van der Waals surface area (Å²) in [4.78, 5) is 16.9. The molecule has 0 N–H and O–H groups in total. The van der Waals surface area contributed by atoms with Gasteiger partial charge in [0, 0.05) is 37.4 Å². The third-order valence-electron chi connectivity index (χ3n) is 6.25. The van der Waals surface area contributed by atoms with Gasteiger partial charge in [-0.05, 0) is 60.7 Å². The highest BCUT2D eigenvalue weighted by atomic mass is 19.4. The molecule has 0 spiro atoms. The first-order valence-electron chi connectivity index (χ1n) is 11.5. The van der Waals surface area contributed by atoms with Gasteiger partial charge in [0.25, 0.3) is 5.91 Å². The average molecular weight is 512 g/mol. The van der Waals surface area contributed by atoms with Crippen LogP contribution in [0.15, 0.2) is 78.9 Å². The van der Waals surface area contributed by atoms with Crippen LogP contribution in [0.5, 0.6) is 0 Å². The molecule has 190 valence electrons. The molecular weight excluding hydrogens is 491 g/mol. The molecule has 1 amide bonds. The van der Waals surface area contributed by atoms with Crippen LogP contribution in [-0.2, 0) is 6.18 Å². The number of amides is 1. The van der Waals surface area contributed by atoms with Gasteiger partial charge in [-0.25, -0.2) is 13.5 Å². The normalized spacial score (nSPS) is 14.2. The van der Waals surface area contributed by atoms with Gasteiger partial charge in [0.2, 0.25) is 0 Å². The lowest BCUT2D eigenvalue weighted by Crippen LogP contribution is -2.49. The second kappa shape index (κ2) is 9.68. The number of hydrogen-bond acceptors (Lipinski definition) is 3. The number of piperazine rings is 1. The predicted octanol–water partition coefficient (Wildman–Crippen LogP) is 5.80. The zero-order valence-corrected chi connectivity index (χ0v) is 19.4. The number of carbonyl (C=O) groups is 1. The smallest absolute Gasteiger partial charge is 0.368 e. The molecule has 2 heterocycles. The second-order valence-electron chi connectivity index (χ2n) is 8.61. The summed E-state index contributed by atoms with van der Waals surface area (Å²) in [5.41, 5.74) is 0.750. The number of aromatic nitrogens is 2. The summed E-state index contributed by atoms with van der Waals surface area (Å²) in [6, 6.07) is 18.0. The topological polar surface area (TPSA) is 41.4 Å². The zero-order chi connectivity index (χ0) is 26.2. The molecule has 0 saturated carbocycles. The maximum Gasteiger partial charge on any atom is 0.416 e. The van der Waals surface area contributed by atoms with Crippen molar-refractivity contribution in [2.45, 2.75) is 6.18 Å².